The maximum absolute atomic E-state index is 13.5. The van der Waals surface area contributed by atoms with Gasteiger partial charge in [0.1, 0.15) is 11.6 Å². The molecular weight excluding hydrogens is 357 g/mol. The number of benzene rings is 1. The molecule has 0 fully saturated rings. The van der Waals surface area contributed by atoms with E-state index in [9.17, 15) is 18.8 Å². The molecule has 2 heterocycles. The second-order valence-electron chi connectivity index (χ2n) is 4.78. The number of nitrogens with two attached hydrogens (primary N) is 1. The lowest BCUT2D eigenvalue weighted by Gasteiger charge is -2.15. The van der Waals surface area contributed by atoms with Gasteiger partial charge in [-0.05, 0) is 40.5 Å². The van der Waals surface area contributed by atoms with Crippen LogP contribution in [0, 0.1) is 12.7 Å². The molecule has 0 spiro atoms. The van der Waals surface area contributed by atoms with Crippen LogP contribution in [0.4, 0.5) is 10.2 Å². The first-order valence-electron chi connectivity index (χ1n) is 6.19. The molecule has 3 N–H and O–H groups in total. The number of pyridine rings is 1. The molecule has 112 valence electrons. The molecule has 1 aromatic carbocycles. The maximum Gasteiger partial charge on any atom is 0.262 e. The van der Waals surface area contributed by atoms with Crippen molar-refractivity contribution in [2.75, 3.05) is 5.73 Å². The van der Waals surface area contributed by atoms with Crippen molar-refractivity contribution in [3.8, 4) is 5.69 Å². The SMILES string of the molecule is Cc1c(-n2c(N)c3c(cc2=O)C(=O)NC3=O)ccc(F)c1Br. The van der Waals surface area contributed by atoms with E-state index in [1.807, 2.05) is 0 Å². The van der Waals surface area contributed by atoms with Crippen molar-refractivity contribution in [2.45, 2.75) is 6.92 Å². The van der Waals surface area contributed by atoms with E-state index < -0.39 is 23.2 Å². The number of fused-ring (bicyclic) bond motifs is 1. The first kappa shape index (κ1) is 14.5. The highest BCUT2D eigenvalue weighted by atomic mass is 79.9. The topological polar surface area (TPSA) is 94.2 Å². The number of nitrogen functional groups attached to an aromatic ring is 1. The van der Waals surface area contributed by atoms with Crippen LogP contribution in [-0.4, -0.2) is 16.4 Å². The van der Waals surface area contributed by atoms with Gasteiger partial charge in [-0.2, -0.15) is 0 Å². The van der Waals surface area contributed by atoms with Crippen LogP contribution >= 0.6 is 15.9 Å². The number of nitrogens with one attached hydrogen (secondary N) is 1. The minimum absolute atomic E-state index is 0.0514. The first-order valence-corrected chi connectivity index (χ1v) is 6.98. The maximum atomic E-state index is 13.5. The third-order valence-corrected chi connectivity index (χ3v) is 4.48. The summed E-state index contributed by atoms with van der Waals surface area (Å²) >= 11 is 3.10. The molecule has 0 unspecified atom stereocenters. The summed E-state index contributed by atoms with van der Waals surface area (Å²) < 4.78 is 14.8. The van der Waals surface area contributed by atoms with E-state index in [0.717, 1.165) is 10.6 Å². The highest BCUT2D eigenvalue weighted by Gasteiger charge is 2.32. The number of carbonyl (C=O) groups excluding carboxylic acids is 2. The fraction of sp³-hybridized carbons (Fsp3) is 0.0714. The molecule has 0 bridgehead atoms. The molecule has 1 aliphatic heterocycles. The Balaban J connectivity index is 2.38. The Morgan fingerprint density at radius 2 is 1.91 bits per heavy atom. The molecule has 0 atom stereocenters. The van der Waals surface area contributed by atoms with Crippen LogP contribution in [0.3, 0.4) is 0 Å². The number of hydrogen-bond acceptors (Lipinski definition) is 4. The average molecular weight is 366 g/mol. The lowest BCUT2D eigenvalue weighted by molar-refractivity contribution is 0.0880. The van der Waals surface area contributed by atoms with Gasteiger partial charge in [0.15, 0.2) is 0 Å². The van der Waals surface area contributed by atoms with Crippen LogP contribution in [0.25, 0.3) is 5.69 Å². The number of amides is 2. The number of anilines is 1. The Hall–Kier alpha value is -2.48. The van der Waals surface area contributed by atoms with Crippen molar-refractivity contribution in [1.82, 2.24) is 9.88 Å². The minimum Gasteiger partial charge on any atom is -0.384 e. The van der Waals surface area contributed by atoms with Crippen molar-refractivity contribution < 1.29 is 14.0 Å². The van der Waals surface area contributed by atoms with E-state index in [1.54, 1.807) is 6.92 Å². The monoisotopic (exact) mass is 365 g/mol. The number of imide groups is 1. The number of hydrogen-bond donors (Lipinski definition) is 2. The second kappa shape index (κ2) is 4.77. The second-order valence-corrected chi connectivity index (χ2v) is 5.57. The van der Waals surface area contributed by atoms with E-state index >= 15 is 0 Å². The van der Waals surface area contributed by atoms with Crippen LogP contribution in [0.2, 0.25) is 0 Å². The Bertz CT molecular complexity index is 921. The summed E-state index contributed by atoms with van der Waals surface area (Å²) in [5, 5.41) is 2.08. The van der Waals surface area contributed by atoms with Crippen molar-refractivity contribution >= 4 is 33.6 Å². The predicted octanol–water partition coefficient (Wildman–Crippen LogP) is 1.51. The van der Waals surface area contributed by atoms with Gasteiger partial charge < -0.3 is 5.73 Å². The summed E-state index contributed by atoms with van der Waals surface area (Å²) in [5.74, 6) is -1.97. The summed E-state index contributed by atoms with van der Waals surface area (Å²) in [4.78, 5) is 35.7. The van der Waals surface area contributed by atoms with Crippen molar-refractivity contribution in [3.63, 3.8) is 0 Å². The van der Waals surface area contributed by atoms with E-state index in [0.29, 0.717) is 11.3 Å². The van der Waals surface area contributed by atoms with E-state index in [1.165, 1.54) is 12.1 Å². The summed E-state index contributed by atoms with van der Waals surface area (Å²) in [7, 11) is 0. The molecular formula is C14H9BrFN3O3. The molecule has 0 saturated heterocycles. The van der Waals surface area contributed by atoms with Crippen molar-refractivity contribution in [3.05, 3.63) is 55.5 Å². The smallest absolute Gasteiger partial charge is 0.262 e. The largest absolute Gasteiger partial charge is 0.384 e. The zero-order chi connectivity index (χ0) is 16.2. The van der Waals surface area contributed by atoms with Gasteiger partial charge in [-0.1, -0.05) is 0 Å². The quantitative estimate of drug-likeness (QED) is 0.749. The normalized spacial score (nSPS) is 13.2. The zero-order valence-corrected chi connectivity index (χ0v) is 12.8. The van der Waals surface area contributed by atoms with Crippen molar-refractivity contribution in [1.29, 1.82) is 0 Å². The third kappa shape index (κ3) is 1.87. The third-order valence-electron chi connectivity index (χ3n) is 3.50. The molecule has 2 aromatic rings. The zero-order valence-electron chi connectivity index (χ0n) is 11.2. The van der Waals surface area contributed by atoms with Gasteiger partial charge in [-0.25, -0.2) is 4.39 Å². The van der Waals surface area contributed by atoms with Crippen LogP contribution in [0.5, 0.6) is 0 Å². The molecule has 0 aliphatic carbocycles. The molecule has 1 aliphatic rings. The van der Waals surface area contributed by atoms with Crippen LogP contribution in [0.15, 0.2) is 27.5 Å². The fourth-order valence-electron chi connectivity index (χ4n) is 2.41. The lowest BCUT2D eigenvalue weighted by atomic mass is 10.1. The Morgan fingerprint density at radius 3 is 2.59 bits per heavy atom. The van der Waals surface area contributed by atoms with Crippen LogP contribution in [0.1, 0.15) is 26.3 Å². The Morgan fingerprint density at radius 1 is 1.23 bits per heavy atom. The molecule has 0 radical (unpaired) electrons. The summed E-state index contributed by atoms with van der Waals surface area (Å²) in [6.45, 7) is 1.60. The number of rotatable bonds is 1. The molecule has 0 saturated carbocycles. The van der Waals surface area contributed by atoms with Gasteiger partial charge in [0, 0.05) is 6.07 Å². The summed E-state index contributed by atoms with van der Waals surface area (Å²) in [6, 6.07) is 3.60. The molecule has 2 amide bonds. The molecule has 6 nitrogen and oxygen atoms in total. The van der Waals surface area contributed by atoms with Crippen molar-refractivity contribution in [2.24, 2.45) is 0 Å². The molecule has 22 heavy (non-hydrogen) atoms. The van der Waals surface area contributed by atoms with Gasteiger partial charge >= 0.3 is 0 Å². The molecule has 8 heteroatoms. The predicted molar refractivity (Wildman–Crippen MR) is 80.6 cm³/mol. The number of aromatic nitrogens is 1. The lowest BCUT2D eigenvalue weighted by Crippen LogP contribution is -2.24. The van der Waals surface area contributed by atoms with Gasteiger partial charge in [-0.3, -0.25) is 24.3 Å². The highest BCUT2D eigenvalue weighted by molar-refractivity contribution is 9.10. The Labute approximate surface area is 131 Å². The van der Waals surface area contributed by atoms with Gasteiger partial charge in [-0.15, -0.1) is 0 Å². The van der Waals surface area contributed by atoms with Gasteiger partial charge in [0.25, 0.3) is 17.4 Å². The van der Waals surface area contributed by atoms with Crippen LogP contribution in [-0.2, 0) is 0 Å². The summed E-state index contributed by atoms with van der Waals surface area (Å²) in [6.07, 6.45) is 0. The van der Waals surface area contributed by atoms with Crippen LogP contribution < -0.4 is 16.6 Å². The number of halogens is 2. The number of carbonyl (C=O) groups is 2. The van der Waals surface area contributed by atoms with Gasteiger partial charge in [0.05, 0.1) is 21.3 Å². The molecule has 3 rings (SSSR count). The van der Waals surface area contributed by atoms with E-state index in [2.05, 4.69) is 21.2 Å². The standard InChI is InChI=1S/C14H9BrFN3O3/c1-5-8(3-2-7(16)11(5)15)19-9(20)4-6-10(12(19)17)14(22)18-13(6)21/h2-4H,17H2,1H3,(H,18,21,22). The number of nitrogens with zero attached hydrogens (tertiary/aromatic N) is 1. The average Bonchev–Trinajstić information content (AvgIpc) is 2.73. The van der Waals surface area contributed by atoms with E-state index in [-0.39, 0.29) is 21.4 Å². The Kier molecular flexibility index (Phi) is 3.13. The first-order chi connectivity index (χ1) is 10.3. The fourth-order valence-corrected chi connectivity index (χ4v) is 2.75. The molecule has 1 aromatic heterocycles. The van der Waals surface area contributed by atoms with E-state index in [4.69, 9.17) is 5.73 Å². The van der Waals surface area contributed by atoms with Gasteiger partial charge in [0.2, 0.25) is 0 Å². The summed E-state index contributed by atoms with van der Waals surface area (Å²) in [5.41, 5.74) is 6.00. The minimum atomic E-state index is -0.662. The highest BCUT2D eigenvalue weighted by Crippen LogP contribution is 2.28.